The molecular weight excluding hydrogens is 1010 g/mol. The molecule has 11 unspecified atom stereocenters. The SMILES string of the molecule is CC/C=C\C/C=C\C/C=C\C/C=C\CCCCCCCCCCC(=O)OC(COC(=O)CCCCCCCCCCCCCCCCCCCCCCCC)COC1OC(COC2OC(CO)C(O)C(O)C2O)C(O)C(O)C1O. The lowest BCUT2D eigenvalue weighted by Crippen LogP contribution is -2.61. The molecule has 0 aromatic heterocycles. The number of carbonyl (C=O) groups excluding carboxylic acids is 2. The van der Waals surface area contributed by atoms with Crippen LogP contribution in [0.15, 0.2) is 48.6 Å². The van der Waals surface area contributed by atoms with Gasteiger partial charge in [0.25, 0.3) is 0 Å². The predicted octanol–water partition coefficient (Wildman–Crippen LogP) is 11.8. The lowest BCUT2D eigenvalue weighted by Gasteiger charge is -2.42. The Hall–Kier alpha value is -2.54. The highest BCUT2D eigenvalue weighted by atomic mass is 16.7. The van der Waals surface area contributed by atoms with Crippen molar-refractivity contribution in [3.05, 3.63) is 48.6 Å². The molecule has 7 N–H and O–H groups in total. The average Bonchev–Trinajstić information content (AvgIpc) is 3.52. The lowest BCUT2D eigenvalue weighted by atomic mass is 9.98. The average molecular weight is 1120 g/mol. The van der Waals surface area contributed by atoms with Gasteiger partial charge in [-0.15, -0.1) is 0 Å². The molecule has 15 heteroatoms. The molecule has 0 bridgehead atoms. The first-order valence-corrected chi connectivity index (χ1v) is 31.7. The largest absolute Gasteiger partial charge is 0.462 e. The Morgan fingerprint density at radius 1 is 0.418 bits per heavy atom. The molecule has 2 rings (SSSR count). The molecule has 2 aliphatic rings. The second kappa shape index (κ2) is 50.0. The standard InChI is InChI=1S/C64H114O15/c1-3-5-7-9-11-13-15-17-19-21-23-25-27-28-30-32-34-36-38-40-42-44-46-55(66)74-49-52(50-75-63-62(73)60(71)58(69)54(79-63)51-76-64-61(72)59(70)57(68)53(48-65)78-64)77-56(67)47-45-43-41-39-37-35-33-31-29-26-24-22-20-18-16-14-12-10-8-6-4-2/h6,8,12,14,18,20,24,26,52-54,57-65,68-73H,3-5,7,9-11,13,15-17,19,21-23,25,27-51H2,1-2H3/b8-6-,14-12-,20-18-,26-24-. The molecule has 2 aliphatic heterocycles. The molecule has 0 aliphatic carbocycles. The third kappa shape index (κ3) is 36.6. The second-order valence-corrected chi connectivity index (χ2v) is 22.2. The van der Waals surface area contributed by atoms with Crippen LogP contribution in [-0.4, -0.2) is 142 Å². The highest BCUT2D eigenvalue weighted by Crippen LogP contribution is 2.27. The van der Waals surface area contributed by atoms with Crippen LogP contribution in [0.25, 0.3) is 0 Å². The molecule has 0 amide bonds. The maximum atomic E-state index is 13.1. The Kier molecular flexibility index (Phi) is 45.9. The maximum Gasteiger partial charge on any atom is 0.306 e. The summed E-state index contributed by atoms with van der Waals surface area (Å²) in [6.45, 7) is 2.52. The predicted molar refractivity (Wildman–Crippen MR) is 312 cm³/mol. The van der Waals surface area contributed by atoms with Crippen molar-refractivity contribution in [1.29, 1.82) is 0 Å². The van der Waals surface area contributed by atoms with Gasteiger partial charge in [0, 0.05) is 12.8 Å². The van der Waals surface area contributed by atoms with E-state index in [4.69, 9.17) is 28.4 Å². The van der Waals surface area contributed by atoms with Gasteiger partial charge in [-0.25, -0.2) is 0 Å². The van der Waals surface area contributed by atoms with Crippen LogP contribution in [0.1, 0.15) is 251 Å². The zero-order valence-electron chi connectivity index (χ0n) is 49.4. The Morgan fingerprint density at radius 2 is 0.797 bits per heavy atom. The maximum absolute atomic E-state index is 13.1. The van der Waals surface area contributed by atoms with Crippen LogP contribution in [0.2, 0.25) is 0 Å². The van der Waals surface area contributed by atoms with Crippen molar-refractivity contribution in [1.82, 2.24) is 0 Å². The van der Waals surface area contributed by atoms with E-state index in [1.807, 2.05) is 0 Å². The third-order valence-corrected chi connectivity index (χ3v) is 15.1. The highest BCUT2D eigenvalue weighted by molar-refractivity contribution is 5.70. The van der Waals surface area contributed by atoms with Gasteiger partial charge in [0.05, 0.1) is 19.8 Å². The Labute approximate surface area is 478 Å². The van der Waals surface area contributed by atoms with Gasteiger partial charge in [-0.2, -0.15) is 0 Å². The third-order valence-electron chi connectivity index (χ3n) is 15.1. The van der Waals surface area contributed by atoms with Gasteiger partial charge < -0.3 is 64.2 Å². The van der Waals surface area contributed by atoms with Crippen molar-refractivity contribution >= 4 is 11.9 Å². The van der Waals surface area contributed by atoms with Crippen LogP contribution in [0, 0.1) is 0 Å². The van der Waals surface area contributed by atoms with Crippen molar-refractivity contribution in [2.75, 3.05) is 26.4 Å². The quantitative estimate of drug-likeness (QED) is 0.0171. The van der Waals surface area contributed by atoms with Crippen LogP contribution in [-0.2, 0) is 38.0 Å². The van der Waals surface area contributed by atoms with E-state index in [1.54, 1.807) is 0 Å². The van der Waals surface area contributed by atoms with Gasteiger partial charge in [0.1, 0.15) is 55.4 Å². The molecule has 0 radical (unpaired) electrons. The van der Waals surface area contributed by atoms with Crippen LogP contribution in [0.3, 0.4) is 0 Å². The van der Waals surface area contributed by atoms with Crippen LogP contribution < -0.4 is 0 Å². The van der Waals surface area contributed by atoms with Gasteiger partial charge in [-0.3, -0.25) is 9.59 Å². The number of hydrogen-bond donors (Lipinski definition) is 7. The molecule has 0 aromatic carbocycles. The fourth-order valence-corrected chi connectivity index (χ4v) is 9.98. The first kappa shape index (κ1) is 72.6. The summed E-state index contributed by atoms with van der Waals surface area (Å²) in [4.78, 5) is 26.0. The number of rotatable bonds is 51. The van der Waals surface area contributed by atoms with Gasteiger partial charge in [0.2, 0.25) is 0 Å². The molecule has 0 saturated carbocycles. The lowest BCUT2D eigenvalue weighted by molar-refractivity contribution is -0.332. The summed E-state index contributed by atoms with van der Waals surface area (Å²) in [5.74, 6) is -0.923. The zero-order chi connectivity index (χ0) is 57.4. The summed E-state index contributed by atoms with van der Waals surface area (Å²) < 4.78 is 33.8. The van der Waals surface area contributed by atoms with E-state index in [0.29, 0.717) is 12.8 Å². The Balaban J connectivity index is 1.71. The number of aliphatic hydroxyl groups is 7. The number of allylic oxidation sites excluding steroid dienone is 8. The smallest absolute Gasteiger partial charge is 0.306 e. The van der Waals surface area contributed by atoms with Crippen molar-refractivity contribution in [3.63, 3.8) is 0 Å². The molecule has 0 aromatic rings. The van der Waals surface area contributed by atoms with Crippen molar-refractivity contribution in [2.45, 2.75) is 319 Å². The Bertz CT molecular complexity index is 1550. The second-order valence-electron chi connectivity index (χ2n) is 22.2. The summed E-state index contributed by atoms with van der Waals surface area (Å²) >= 11 is 0. The summed E-state index contributed by atoms with van der Waals surface area (Å²) in [7, 11) is 0. The van der Waals surface area contributed by atoms with Crippen molar-refractivity contribution < 1.29 is 73.8 Å². The Morgan fingerprint density at radius 3 is 1.25 bits per heavy atom. The van der Waals surface area contributed by atoms with E-state index in [-0.39, 0.29) is 26.1 Å². The fraction of sp³-hybridized carbons (Fsp3) is 0.844. The first-order chi connectivity index (χ1) is 38.5. The van der Waals surface area contributed by atoms with Gasteiger partial charge in [-0.05, 0) is 51.4 Å². The number of esters is 2. The fourth-order valence-electron chi connectivity index (χ4n) is 9.98. The molecule has 2 heterocycles. The molecule has 2 fully saturated rings. The number of hydrogen-bond acceptors (Lipinski definition) is 15. The molecule has 79 heavy (non-hydrogen) atoms. The first-order valence-electron chi connectivity index (χ1n) is 31.7. The minimum absolute atomic E-state index is 0.156. The zero-order valence-corrected chi connectivity index (χ0v) is 49.4. The molecule has 15 nitrogen and oxygen atoms in total. The minimum Gasteiger partial charge on any atom is -0.462 e. The van der Waals surface area contributed by atoms with Crippen molar-refractivity contribution in [3.8, 4) is 0 Å². The molecule has 460 valence electrons. The number of ether oxygens (including phenoxy) is 6. The van der Waals surface area contributed by atoms with Gasteiger partial charge in [-0.1, -0.05) is 236 Å². The van der Waals surface area contributed by atoms with E-state index in [0.717, 1.165) is 77.0 Å². The molecule has 0 spiro atoms. The molecule has 11 atom stereocenters. The summed E-state index contributed by atoms with van der Waals surface area (Å²) in [6, 6.07) is 0. The molecular formula is C64H114O15. The van der Waals surface area contributed by atoms with Gasteiger partial charge >= 0.3 is 11.9 Å². The minimum atomic E-state index is -1.77. The van der Waals surface area contributed by atoms with Crippen LogP contribution in [0.4, 0.5) is 0 Å². The summed E-state index contributed by atoms with van der Waals surface area (Å²) in [5, 5.41) is 72.4. The summed E-state index contributed by atoms with van der Waals surface area (Å²) in [5.41, 5.74) is 0. The van der Waals surface area contributed by atoms with Crippen LogP contribution >= 0.6 is 0 Å². The van der Waals surface area contributed by atoms with E-state index >= 15 is 0 Å². The number of aliphatic hydroxyl groups excluding tert-OH is 7. The number of carbonyl (C=O) groups is 2. The van der Waals surface area contributed by atoms with E-state index < -0.39 is 92.7 Å². The van der Waals surface area contributed by atoms with E-state index in [2.05, 4.69) is 62.5 Å². The van der Waals surface area contributed by atoms with Gasteiger partial charge in [0.15, 0.2) is 18.7 Å². The van der Waals surface area contributed by atoms with Crippen molar-refractivity contribution in [2.24, 2.45) is 0 Å². The van der Waals surface area contributed by atoms with E-state index in [1.165, 1.54) is 135 Å². The highest BCUT2D eigenvalue weighted by Gasteiger charge is 2.47. The van der Waals surface area contributed by atoms with E-state index in [9.17, 15) is 45.3 Å². The van der Waals surface area contributed by atoms with Crippen LogP contribution in [0.5, 0.6) is 0 Å². The number of unbranched alkanes of at least 4 members (excludes halogenated alkanes) is 29. The topological polar surface area (TPSA) is 231 Å². The normalized spacial score (nSPS) is 24.2. The monoisotopic (exact) mass is 1120 g/mol. The molecule has 2 saturated heterocycles. The summed E-state index contributed by atoms with van der Waals surface area (Å²) in [6.07, 6.45) is 42.7.